The molecule has 10 heteroatoms. The van der Waals surface area contributed by atoms with Crippen molar-refractivity contribution in [1.82, 2.24) is 10.4 Å². The minimum Gasteiger partial charge on any atom is -0.442 e. The molecule has 0 spiro atoms. The summed E-state index contributed by atoms with van der Waals surface area (Å²) in [5, 5.41) is 12.2. The van der Waals surface area contributed by atoms with Crippen LogP contribution in [-0.2, 0) is 27.2 Å². The summed E-state index contributed by atoms with van der Waals surface area (Å²) < 4.78 is 30.8. The third-order valence-electron chi connectivity index (χ3n) is 6.31. The fourth-order valence-electron chi connectivity index (χ4n) is 4.32. The van der Waals surface area contributed by atoms with E-state index in [4.69, 9.17) is 19.9 Å². The number of nitrogens with one attached hydrogen (secondary N) is 1. The van der Waals surface area contributed by atoms with Gasteiger partial charge < -0.3 is 25.1 Å². The summed E-state index contributed by atoms with van der Waals surface area (Å²) in [4.78, 5) is 12.7. The second-order valence-electron chi connectivity index (χ2n) is 8.97. The van der Waals surface area contributed by atoms with Crippen molar-refractivity contribution in [2.45, 2.75) is 43.9 Å². The molecule has 2 aromatic carbocycles. The first-order chi connectivity index (χ1) is 16.4. The number of carbonyl (C=O) groups is 1. The second kappa shape index (κ2) is 11.3. The van der Waals surface area contributed by atoms with Crippen LogP contribution in [0, 0.1) is 11.7 Å². The lowest BCUT2D eigenvalue weighted by molar-refractivity contribution is -0.0907. The fourth-order valence-corrected chi connectivity index (χ4v) is 4.32. The van der Waals surface area contributed by atoms with Gasteiger partial charge in [-0.3, -0.25) is 5.43 Å². The normalized spacial score (nSPS) is 23.5. The lowest BCUT2D eigenvalue weighted by Gasteiger charge is -2.29. The molecule has 4 rings (SSSR count). The molecule has 0 aliphatic carbocycles. The number of hydrogen-bond donors (Lipinski definition) is 3. The molecule has 2 aliphatic heterocycles. The Morgan fingerprint density at radius 1 is 1.26 bits per heavy atom. The van der Waals surface area contributed by atoms with E-state index >= 15 is 0 Å². The van der Waals surface area contributed by atoms with E-state index in [2.05, 4.69) is 5.43 Å². The molecule has 5 atom stereocenters. The molecule has 34 heavy (non-hydrogen) atoms. The number of halogens is 1. The summed E-state index contributed by atoms with van der Waals surface area (Å²) in [5.41, 5.74) is 11.4. The molecular weight excluding hydrogens is 440 g/mol. The number of carbonyl (C=O) groups excluding carboxylic acids is 1. The van der Waals surface area contributed by atoms with Crippen LogP contribution in [0.2, 0.25) is 0 Å². The van der Waals surface area contributed by atoms with Crippen LogP contribution in [-0.4, -0.2) is 68.4 Å². The number of rotatable bonds is 9. The second-order valence-corrected chi connectivity index (χ2v) is 8.97. The first kappa shape index (κ1) is 24.6. The Morgan fingerprint density at radius 2 is 2.03 bits per heavy atom. The van der Waals surface area contributed by atoms with E-state index in [9.17, 15) is 14.3 Å². The summed E-state index contributed by atoms with van der Waals surface area (Å²) in [7, 11) is 2.00. The Bertz CT molecular complexity index is 966. The van der Waals surface area contributed by atoms with Gasteiger partial charge >= 0.3 is 6.09 Å². The standard InChI is InChI=1S/C24H31BFN3O5/c25-17-7-5-15(6-8-17)11-20(27)21(30)13-29(12-16-3-1-2-4-19(16)26)28-24(31)34-22-14-33-23-18(22)9-10-32-23/h1-8,18,20-23,30H,9-14,25,27H2,(H,28,31)/t18-,20-,21-,22-,23+/m0/s1. The summed E-state index contributed by atoms with van der Waals surface area (Å²) in [6.45, 7) is 0.862. The number of hydrogen-bond acceptors (Lipinski definition) is 7. The van der Waals surface area contributed by atoms with Crippen molar-refractivity contribution in [3.8, 4) is 0 Å². The van der Waals surface area contributed by atoms with Crippen molar-refractivity contribution in [3.05, 3.63) is 65.5 Å². The molecular formula is C24H31BFN3O5. The predicted molar refractivity (Wildman–Crippen MR) is 126 cm³/mol. The molecule has 2 fully saturated rings. The average molecular weight is 471 g/mol. The van der Waals surface area contributed by atoms with Gasteiger partial charge in [-0.2, -0.15) is 0 Å². The van der Waals surface area contributed by atoms with Crippen LogP contribution in [0.4, 0.5) is 9.18 Å². The fraction of sp³-hybridized carbons (Fsp3) is 0.458. The molecule has 8 nitrogen and oxygen atoms in total. The molecule has 0 bridgehead atoms. The lowest BCUT2D eigenvalue weighted by Crippen LogP contribution is -2.51. The number of nitrogens with two attached hydrogens (primary N) is 1. The molecule has 2 aromatic rings. The third kappa shape index (κ3) is 6.34. The molecule has 0 radical (unpaired) electrons. The lowest BCUT2D eigenvalue weighted by atomic mass is 9.93. The number of nitrogens with zero attached hydrogens (tertiary/aromatic N) is 1. The van der Waals surface area contributed by atoms with Crippen LogP contribution >= 0.6 is 0 Å². The van der Waals surface area contributed by atoms with Gasteiger partial charge in [0.2, 0.25) is 0 Å². The Balaban J connectivity index is 1.39. The van der Waals surface area contributed by atoms with Crippen LogP contribution in [0.5, 0.6) is 0 Å². The molecule has 1 amide bonds. The van der Waals surface area contributed by atoms with Gasteiger partial charge in [0.25, 0.3) is 0 Å². The number of aliphatic hydroxyl groups is 1. The minimum absolute atomic E-state index is 0.000658. The van der Waals surface area contributed by atoms with Gasteiger partial charge in [0.05, 0.1) is 25.2 Å². The molecule has 182 valence electrons. The predicted octanol–water partition coefficient (Wildman–Crippen LogP) is 0.220. The average Bonchev–Trinajstić information content (AvgIpc) is 3.42. The number of benzene rings is 2. The van der Waals surface area contributed by atoms with Crippen LogP contribution in [0.1, 0.15) is 17.5 Å². The Labute approximate surface area is 199 Å². The molecule has 0 saturated carbocycles. The largest absolute Gasteiger partial charge is 0.442 e. The highest BCUT2D eigenvalue weighted by molar-refractivity contribution is 6.32. The van der Waals surface area contributed by atoms with Crippen molar-refractivity contribution in [2.75, 3.05) is 19.8 Å². The number of amides is 1. The Hall–Kier alpha value is -2.50. The molecule has 4 N–H and O–H groups in total. The van der Waals surface area contributed by atoms with Crippen molar-refractivity contribution >= 4 is 19.4 Å². The van der Waals surface area contributed by atoms with E-state index in [1.807, 2.05) is 32.1 Å². The van der Waals surface area contributed by atoms with Gasteiger partial charge in [0.1, 0.15) is 19.8 Å². The van der Waals surface area contributed by atoms with Crippen molar-refractivity contribution < 1.29 is 28.5 Å². The monoisotopic (exact) mass is 471 g/mol. The van der Waals surface area contributed by atoms with Crippen molar-refractivity contribution in [2.24, 2.45) is 11.7 Å². The smallest absolute Gasteiger partial charge is 0.422 e. The topological polar surface area (TPSA) is 106 Å². The summed E-state index contributed by atoms with van der Waals surface area (Å²) in [6.07, 6.45) is -1.21. The quantitative estimate of drug-likeness (QED) is 0.355. The van der Waals surface area contributed by atoms with E-state index in [0.29, 0.717) is 18.6 Å². The van der Waals surface area contributed by atoms with Crippen LogP contribution in [0.15, 0.2) is 48.5 Å². The number of hydrazine groups is 1. The number of ether oxygens (including phenoxy) is 3. The van der Waals surface area contributed by atoms with E-state index < -0.39 is 30.2 Å². The molecule has 2 aliphatic rings. The highest BCUT2D eigenvalue weighted by atomic mass is 19.1. The van der Waals surface area contributed by atoms with Gasteiger partial charge in [0, 0.05) is 24.7 Å². The summed E-state index contributed by atoms with van der Waals surface area (Å²) in [6, 6.07) is 13.6. The Kier molecular flexibility index (Phi) is 8.17. The maximum Gasteiger partial charge on any atom is 0.422 e. The highest BCUT2D eigenvalue weighted by Gasteiger charge is 2.44. The minimum atomic E-state index is -0.976. The van der Waals surface area contributed by atoms with Gasteiger partial charge in [-0.05, 0) is 24.5 Å². The number of fused-ring (bicyclic) bond motifs is 1. The van der Waals surface area contributed by atoms with Crippen molar-refractivity contribution in [1.29, 1.82) is 0 Å². The van der Waals surface area contributed by atoms with E-state index in [-0.39, 0.29) is 31.9 Å². The first-order valence-corrected chi connectivity index (χ1v) is 11.6. The molecule has 2 saturated heterocycles. The first-order valence-electron chi connectivity index (χ1n) is 11.6. The van der Waals surface area contributed by atoms with Gasteiger partial charge in [0.15, 0.2) is 6.29 Å². The van der Waals surface area contributed by atoms with Crippen LogP contribution < -0.4 is 16.6 Å². The molecule has 0 unspecified atom stereocenters. The zero-order chi connectivity index (χ0) is 24.1. The highest BCUT2D eigenvalue weighted by Crippen LogP contribution is 2.32. The van der Waals surface area contributed by atoms with E-state index in [0.717, 1.165) is 17.4 Å². The van der Waals surface area contributed by atoms with E-state index in [1.54, 1.807) is 18.2 Å². The number of aliphatic hydroxyl groups excluding tert-OH is 1. The van der Waals surface area contributed by atoms with E-state index in [1.165, 1.54) is 11.1 Å². The SMILES string of the molecule is Bc1ccc(C[C@H](N)[C@@H](O)CN(Cc2ccccc2F)NC(=O)O[C@H]2CO[C@H]3OCC[C@H]32)cc1. The zero-order valence-electron chi connectivity index (χ0n) is 19.2. The summed E-state index contributed by atoms with van der Waals surface area (Å²) >= 11 is 0. The maximum atomic E-state index is 14.3. The van der Waals surface area contributed by atoms with Gasteiger partial charge in [-0.25, -0.2) is 14.2 Å². The summed E-state index contributed by atoms with van der Waals surface area (Å²) in [5.74, 6) is -0.407. The van der Waals surface area contributed by atoms with Crippen LogP contribution in [0.25, 0.3) is 0 Å². The molecule has 0 aromatic heterocycles. The zero-order valence-corrected chi connectivity index (χ0v) is 19.2. The van der Waals surface area contributed by atoms with Gasteiger partial charge in [-0.1, -0.05) is 47.9 Å². The maximum absolute atomic E-state index is 14.3. The van der Waals surface area contributed by atoms with Crippen molar-refractivity contribution in [3.63, 3.8) is 0 Å². The molecule has 2 heterocycles. The van der Waals surface area contributed by atoms with Crippen LogP contribution in [0.3, 0.4) is 0 Å². The van der Waals surface area contributed by atoms with Gasteiger partial charge in [-0.15, -0.1) is 0 Å². The third-order valence-corrected chi connectivity index (χ3v) is 6.31. The Morgan fingerprint density at radius 3 is 2.79 bits per heavy atom.